The van der Waals surface area contributed by atoms with Gasteiger partial charge in [0.1, 0.15) is 0 Å². The quantitative estimate of drug-likeness (QED) is 0.509. The van der Waals surface area contributed by atoms with Crippen LogP contribution in [0.15, 0.2) is 66.9 Å². The molecule has 0 unspecified atom stereocenters. The van der Waals surface area contributed by atoms with Crippen LogP contribution in [0, 0.1) is 0 Å². The number of hydrogen-bond donors (Lipinski definition) is 1. The molecule has 1 aromatic heterocycles. The molecule has 0 fully saturated rings. The summed E-state index contributed by atoms with van der Waals surface area (Å²) in [5, 5.41) is 3.72. The van der Waals surface area contributed by atoms with E-state index in [0.29, 0.717) is 35.4 Å². The normalized spacial score (nSPS) is 10.7. The Bertz CT molecular complexity index is 944. The molecule has 0 saturated heterocycles. The Morgan fingerprint density at radius 3 is 2.59 bits per heavy atom. The average molecular weight is 432 g/mol. The summed E-state index contributed by atoms with van der Waals surface area (Å²) in [5.74, 6) is 0. The number of ether oxygens (including phenoxy) is 1. The number of carbonyl (C=O) groups excluding carboxylic acids is 1. The number of methoxy groups -OCH3 is 1. The molecule has 2 amide bonds. The molecule has 1 heterocycles. The summed E-state index contributed by atoms with van der Waals surface area (Å²) in [6.07, 6.45) is 2.02. The van der Waals surface area contributed by atoms with Crippen LogP contribution in [-0.4, -0.2) is 35.8 Å². The number of carbonyl (C=O) groups is 1. The molecule has 29 heavy (non-hydrogen) atoms. The lowest BCUT2D eigenvalue weighted by atomic mass is 10.2. The number of anilines is 1. The molecule has 1 N–H and O–H groups in total. The first-order valence-electron chi connectivity index (χ1n) is 9.24. The topological polar surface area (TPSA) is 46.5 Å². The molecule has 0 aliphatic carbocycles. The fourth-order valence-corrected chi connectivity index (χ4v) is 3.25. The van der Waals surface area contributed by atoms with E-state index in [1.54, 1.807) is 30.2 Å². The summed E-state index contributed by atoms with van der Waals surface area (Å²) >= 11 is 12.0. The molecule has 0 spiro atoms. The van der Waals surface area contributed by atoms with E-state index in [9.17, 15) is 4.79 Å². The fourth-order valence-electron chi connectivity index (χ4n) is 2.95. The number of halogens is 2. The van der Waals surface area contributed by atoms with Crippen LogP contribution in [0.4, 0.5) is 10.5 Å². The Morgan fingerprint density at radius 2 is 1.86 bits per heavy atom. The van der Waals surface area contributed by atoms with Gasteiger partial charge in [-0.25, -0.2) is 4.79 Å². The highest BCUT2D eigenvalue weighted by molar-refractivity contribution is 6.42. The Balaban J connectivity index is 1.73. The monoisotopic (exact) mass is 431 g/mol. The first-order chi connectivity index (χ1) is 14.1. The van der Waals surface area contributed by atoms with Crippen LogP contribution < -0.4 is 5.32 Å². The van der Waals surface area contributed by atoms with Crippen molar-refractivity contribution in [2.45, 2.75) is 13.1 Å². The van der Waals surface area contributed by atoms with E-state index in [0.717, 1.165) is 12.2 Å². The molecule has 3 rings (SSSR count). The highest BCUT2D eigenvalue weighted by Crippen LogP contribution is 2.25. The van der Waals surface area contributed by atoms with Gasteiger partial charge in [-0.15, -0.1) is 0 Å². The van der Waals surface area contributed by atoms with Crippen molar-refractivity contribution in [1.29, 1.82) is 0 Å². The highest BCUT2D eigenvalue weighted by atomic mass is 35.5. The van der Waals surface area contributed by atoms with Gasteiger partial charge in [-0.3, -0.25) is 0 Å². The van der Waals surface area contributed by atoms with E-state index in [4.69, 9.17) is 27.9 Å². The SMILES string of the molecule is COCCN(Cc1cccn1Cc1ccccc1)C(=O)Nc1ccc(Cl)c(Cl)c1. The zero-order chi connectivity index (χ0) is 20.6. The van der Waals surface area contributed by atoms with Gasteiger partial charge in [-0.2, -0.15) is 0 Å². The van der Waals surface area contributed by atoms with Crippen molar-refractivity contribution in [3.8, 4) is 0 Å². The van der Waals surface area contributed by atoms with E-state index in [1.807, 2.05) is 36.5 Å². The van der Waals surface area contributed by atoms with Gasteiger partial charge in [0.2, 0.25) is 0 Å². The van der Waals surface area contributed by atoms with Gasteiger partial charge < -0.3 is 19.5 Å². The van der Waals surface area contributed by atoms with Gasteiger partial charge in [0, 0.05) is 37.8 Å². The van der Waals surface area contributed by atoms with Gasteiger partial charge in [0.15, 0.2) is 0 Å². The second-order valence-electron chi connectivity index (χ2n) is 6.59. The van der Waals surface area contributed by atoms with Crippen molar-refractivity contribution in [2.75, 3.05) is 25.6 Å². The first kappa shape index (κ1) is 21.2. The summed E-state index contributed by atoms with van der Waals surface area (Å²) in [6, 6.07) is 19.0. The van der Waals surface area contributed by atoms with Crippen molar-refractivity contribution in [3.05, 3.63) is 88.2 Å². The number of aromatic nitrogens is 1. The van der Waals surface area contributed by atoms with Crippen LogP contribution in [0.5, 0.6) is 0 Å². The van der Waals surface area contributed by atoms with Crippen molar-refractivity contribution >= 4 is 34.9 Å². The fraction of sp³-hybridized carbons (Fsp3) is 0.227. The molecular formula is C22H23Cl2N3O2. The molecule has 7 heteroatoms. The largest absolute Gasteiger partial charge is 0.383 e. The summed E-state index contributed by atoms with van der Waals surface area (Å²) < 4.78 is 7.33. The molecule has 5 nitrogen and oxygen atoms in total. The van der Waals surface area contributed by atoms with Gasteiger partial charge in [-0.1, -0.05) is 53.5 Å². The standard InChI is InChI=1S/C22H23Cl2N3O2/c1-29-13-12-27(22(28)25-18-9-10-20(23)21(24)14-18)16-19-8-5-11-26(19)15-17-6-3-2-4-7-17/h2-11,14H,12-13,15-16H2,1H3,(H,25,28). The molecule has 0 radical (unpaired) electrons. The Hall–Kier alpha value is -2.47. The maximum absolute atomic E-state index is 12.9. The third kappa shape index (κ3) is 6.00. The highest BCUT2D eigenvalue weighted by Gasteiger charge is 2.16. The molecule has 152 valence electrons. The van der Waals surface area contributed by atoms with Gasteiger partial charge in [0.05, 0.1) is 23.2 Å². The number of nitrogens with zero attached hydrogens (tertiary/aromatic N) is 2. The smallest absolute Gasteiger partial charge is 0.322 e. The van der Waals surface area contributed by atoms with Gasteiger partial charge in [0.25, 0.3) is 0 Å². The van der Waals surface area contributed by atoms with Gasteiger partial charge in [-0.05, 0) is 35.9 Å². The van der Waals surface area contributed by atoms with E-state index in [1.165, 1.54) is 5.56 Å². The van der Waals surface area contributed by atoms with E-state index in [-0.39, 0.29) is 6.03 Å². The van der Waals surface area contributed by atoms with Crippen LogP contribution >= 0.6 is 23.2 Å². The van der Waals surface area contributed by atoms with Crippen molar-refractivity contribution in [2.24, 2.45) is 0 Å². The van der Waals surface area contributed by atoms with E-state index < -0.39 is 0 Å². The molecule has 3 aromatic rings. The molecule has 0 atom stereocenters. The summed E-state index contributed by atoms with van der Waals surface area (Å²) in [7, 11) is 1.62. The predicted molar refractivity (Wildman–Crippen MR) is 118 cm³/mol. The van der Waals surface area contributed by atoms with Crippen molar-refractivity contribution < 1.29 is 9.53 Å². The number of amides is 2. The molecule has 2 aromatic carbocycles. The third-order valence-corrected chi connectivity index (χ3v) is 5.23. The average Bonchev–Trinajstić information content (AvgIpc) is 3.15. The third-order valence-electron chi connectivity index (χ3n) is 4.50. The van der Waals surface area contributed by atoms with E-state index in [2.05, 4.69) is 22.0 Å². The second-order valence-corrected chi connectivity index (χ2v) is 7.40. The maximum Gasteiger partial charge on any atom is 0.322 e. The molecular weight excluding hydrogens is 409 g/mol. The molecule has 0 bridgehead atoms. The first-order valence-corrected chi connectivity index (χ1v) is 10.0. The maximum atomic E-state index is 12.9. The Labute approximate surface area is 180 Å². The zero-order valence-corrected chi connectivity index (χ0v) is 17.7. The lowest BCUT2D eigenvalue weighted by molar-refractivity contribution is 0.152. The van der Waals surface area contributed by atoms with E-state index >= 15 is 0 Å². The number of nitrogens with one attached hydrogen (secondary N) is 1. The van der Waals surface area contributed by atoms with Crippen LogP contribution in [0.2, 0.25) is 10.0 Å². The van der Waals surface area contributed by atoms with Crippen LogP contribution in [0.25, 0.3) is 0 Å². The summed E-state index contributed by atoms with van der Waals surface area (Å²) in [5.41, 5.74) is 2.83. The van der Waals surface area contributed by atoms with Crippen LogP contribution in [0.3, 0.4) is 0 Å². The van der Waals surface area contributed by atoms with Crippen LogP contribution in [0.1, 0.15) is 11.3 Å². The second kappa shape index (κ2) is 10.3. The predicted octanol–water partition coefficient (Wildman–Crippen LogP) is 5.52. The molecule has 0 aliphatic heterocycles. The minimum atomic E-state index is -0.229. The summed E-state index contributed by atoms with van der Waals surface area (Å²) in [6.45, 7) is 2.10. The molecule has 0 saturated carbocycles. The number of hydrogen-bond acceptors (Lipinski definition) is 2. The number of benzene rings is 2. The zero-order valence-electron chi connectivity index (χ0n) is 16.1. The number of urea groups is 1. The molecule has 0 aliphatic rings. The van der Waals surface area contributed by atoms with Gasteiger partial charge >= 0.3 is 6.03 Å². The lowest BCUT2D eigenvalue weighted by Crippen LogP contribution is -2.37. The lowest BCUT2D eigenvalue weighted by Gasteiger charge is -2.24. The minimum Gasteiger partial charge on any atom is -0.383 e. The van der Waals surface area contributed by atoms with Crippen molar-refractivity contribution in [3.63, 3.8) is 0 Å². The Kier molecular flexibility index (Phi) is 7.58. The Morgan fingerprint density at radius 1 is 1.07 bits per heavy atom. The van der Waals surface area contributed by atoms with Crippen LogP contribution in [-0.2, 0) is 17.8 Å². The minimum absolute atomic E-state index is 0.229. The number of rotatable bonds is 8. The summed E-state index contributed by atoms with van der Waals surface area (Å²) in [4.78, 5) is 14.6. The van der Waals surface area contributed by atoms with Crippen molar-refractivity contribution in [1.82, 2.24) is 9.47 Å².